The van der Waals surface area contributed by atoms with Gasteiger partial charge < -0.3 is 4.74 Å². The maximum Gasteiger partial charge on any atom is 0.232 e. The molecule has 3 aromatic carbocycles. The lowest BCUT2D eigenvalue weighted by atomic mass is 10.1. The van der Waals surface area contributed by atoms with E-state index >= 15 is 0 Å². The summed E-state index contributed by atoms with van der Waals surface area (Å²) in [6.07, 6.45) is 1.16. The van der Waals surface area contributed by atoms with Crippen LogP contribution in [0.2, 0.25) is 0 Å². The molecule has 6 heteroatoms. The van der Waals surface area contributed by atoms with Gasteiger partial charge in [0.05, 0.1) is 18.5 Å². The van der Waals surface area contributed by atoms with E-state index in [0.29, 0.717) is 17.0 Å². The van der Waals surface area contributed by atoms with Crippen molar-refractivity contribution in [1.82, 2.24) is 0 Å². The second-order valence-electron chi connectivity index (χ2n) is 6.77. The molecule has 0 atom stereocenters. The Bertz CT molecular complexity index is 1080. The van der Waals surface area contributed by atoms with E-state index < -0.39 is 10.0 Å². The molecule has 29 heavy (non-hydrogen) atoms. The van der Waals surface area contributed by atoms with E-state index in [0.717, 1.165) is 17.4 Å². The van der Waals surface area contributed by atoms with Crippen molar-refractivity contribution in [3.63, 3.8) is 0 Å². The van der Waals surface area contributed by atoms with Crippen LogP contribution in [0.1, 0.15) is 28.4 Å². The van der Waals surface area contributed by atoms with Crippen molar-refractivity contribution >= 4 is 21.5 Å². The third-order valence-corrected chi connectivity index (χ3v) is 5.57. The maximum absolute atomic E-state index is 12.6. The minimum Gasteiger partial charge on any atom is -0.487 e. The van der Waals surface area contributed by atoms with Crippen LogP contribution in [0, 0.1) is 0 Å². The number of Topliss-reactive ketones (excluding diaryl/α,β-unsaturated/α-hetero) is 1. The summed E-state index contributed by atoms with van der Waals surface area (Å²) in [4.78, 5) is 11.9. The Morgan fingerprint density at radius 3 is 2.03 bits per heavy atom. The third-order valence-electron chi connectivity index (χ3n) is 4.44. The van der Waals surface area contributed by atoms with Crippen molar-refractivity contribution in [3.05, 3.63) is 95.6 Å². The van der Waals surface area contributed by atoms with Gasteiger partial charge in [-0.2, -0.15) is 0 Å². The molecule has 0 spiro atoms. The predicted molar refractivity (Wildman–Crippen MR) is 115 cm³/mol. The van der Waals surface area contributed by atoms with Crippen molar-refractivity contribution in [3.8, 4) is 5.75 Å². The van der Waals surface area contributed by atoms with Crippen molar-refractivity contribution in [2.45, 2.75) is 20.1 Å². The highest BCUT2D eigenvalue weighted by Crippen LogP contribution is 2.33. The lowest BCUT2D eigenvalue weighted by Crippen LogP contribution is -2.29. The average Bonchev–Trinajstić information content (AvgIpc) is 2.71. The molecule has 0 amide bonds. The normalized spacial score (nSPS) is 11.1. The Hall–Kier alpha value is -3.12. The van der Waals surface area contributed by atoms with Gasteiger partial charge in [-0.05, 0) is 36.2 Å². The minimum atomic E-state index is -3.59. The lowest BCUT2D eigenvalue weighted by molar-refractivity contribution is 0.101. The molecule has 0 bridgehead atoms. The first-order valence-corrected chi connectivity index (χ1v) is 11.0. The highest BCUT2D eigenvalue weighted by molar-refractivity contribution is 7.92. The van der Waals surface area contributed by atoms with E-state index in [1.54, 1.807) is 18.2 Å². The second kappa shape index (κ2) is 8.92. The summed E-state index contributed by atoms with van der Waals surface area (Å²) in [5.41, 5.74) is 2.66. The number of carbonyl (C=O) groups is 1. The number of nitrogens with zero attached hydrogens (tertiary/aromatic N) is 1. The zero-order valence-electron chi connectivity index (χ0n) is 16.4. The molecule has 0 aliphatic heterocycles. The summed E-state index contributed by atoms with van der Waals surface area (Å²) >= 11 is 0. The van der Waals surface area contributed by atoms with E-state index in [1.807, 2.05) is 60.7 Å². The number of sulfonamides is 1. The van der Waals surface area contributed by atoms with Crippen molar-refractivity contribution in [1.29, 1.82) is 0 Å². The number of ketones is 1. The molecule has 0 radical (unpaired) electrons. The Morgan fingerprint density at radius 2 is 1.48 bits per heavy atom. The van der Waals surface area contributed by atoms with Gasteiger partial charge in [-0.15, -0.1) is 0 Å². The molecule has 3 aromatic rings. The minimum absolute atomic E-state index is 0.116. The molecule has 0 aromatic heterocycles. The molecule has 0 saturated heterocycles. The fourth-order valence-electron chi connectivity index (χ4n) is 2.92. The molecule has 0 fully saturated rings. The number of rotatable bonds is 8. The standard InChI is InChI=1S/C23H23NO4S/c1-18(25)21-13-14-22(23(15-21)28-17-20-11-7-4-8-12-20)24(29(2,26)27)16-19-9-5-3-6-10-19/h3-15H,16-17H2,1-2H3. The van der Waals surface area contributed by atoms with Gasteiger partial charge in [0.2, 0.25) is 10.0 Å². The fraction of sp³-hybridized carbons (Fsp3) is 0.174. The van der Waals surface area contributed by atoms with Crippen LogP contribution >= 0.6 is 0 Å². The van der Waals surface area contributed by atoms with Gasteiger partial charge in [0.25, 0.3) is 0 Å². The summed E-state index contributed by atoms with van der Waals surface area (Å²) in [5, 5.41) is 0. The van der Waals surface area contributed by atoms with Crippen molar-refractivity contribution in [2.75, 3.05) is 10.6 Å². The molecule has 0 heterocycles. The highest BCUT2D eigenvalue weighted by atomic mass is 32.2. The van der Waals surface area contributed by atoms with Crippen LogP contribution in [0.4, 0.5) is 5.69 Å². The van der Waals surface area contributed by atoms with Crippen LogP contribution in [0.25, 0.3) is 0 Å². The molecule has 0 aliphatic carbocycles. The number of benzene rings is 3. The summed E-state index contributed by atoms with van der Waals surface area (Å²) in [5.74, 6) is 0.234. The summed E-state index contributed by atoms with van der Waals surface area (Å²) in [7, 11) is -3.59. The van der Waals surface area contributed by atoms with Gasteiger partial charge >= 0.3 is 0 Å². The Morgan fingerprint density at radius 1 is 0.897 bits per heavy atom. The van der Waals surface area contributed by atoms with E-state index in [4.69, 9.17) is 4.74 Å². The Kier molecular flexibility index (Phi) is 6.34. The van der Waals surface area contributed by atoms with Crippen LogP contribution < -0.4 is 9.04 Å². The van der Waals surface area contributed by atoms with Gasteiger partial charge in [-0.3, -0.25) is 9.10 Å². The molecular weight excluding hydrogens is 386 g/mol. The first-order valence-electron chi connectivity index (χ1n) is 9.18. The first-order chi connectivity index (χ1) is 13.8. The summed E-state index contributed by atoms with van der Waals surface area (Å²) in [6, 6.07) is 23.8. The summed E-state index contributed by atoms with van der Waals surface area (Å²) < 4.78 is 32.4. The smallest absolute Gasteiger partial charge is 0.232 e. The Labute approximate surface area is 171 Å². The van der Waals surface area contributed by atoms with E-state index in [9.17, 15) is 13.2 Å². The average molecular weight is 410 g/mol. The molecule has 5 nitrogen and oxygen atoms in total. The van der Waals surface area contributed by atoms with Gasteiger partial charge in [0, 0.05) is 5.56 Å². The number of carbonyl (C=O) groups excluding carboxylic acids is 1. The SMILES string of the molecule is CC(=O)c1ccc(N(Cc2ccccc2)S(C)(=O)=O)c(OCc2ccccc2)c1. The van der Waals surface area contributed by atoms with Crippen LogP contribution in [0.15, 0.2) is 78.9 Å². The van der Waals surface area contributed by atoms with Gasteiger partial charge in [-0.25, -0.2) is 8.42 Å². The maximum atomic E-state index is 12.6. The van der Waals surface area contributed by atoms with E-state index in [2.05, 4.69) is 0 Å². The molecule has 150 valence electrons. The molecule has 0 N–H and O–H groups in total. The number of anilines is 1. The zero-order valence-corrected chi connectivity index (χ0v) is 17.2. The van der Waals surface area contributed by atoms with Crippen LogP contribution in [0.5, 0.6) is 5.75 Å². The third kappa shape index (κ3) is 5.45. The molecule has 3 rings (SSSR count). The van der Waals surface area contributed by atoms with Crippen LogP contribution in [0.3, 0.4) is 0 Å². The number of hydrogen-bond donors (Lipinski definition) is 0. The van der Waals surface area contributed by atoms with Gasteiger partial charge in [-0.1, -0.05) is 60.7 Å². The number of hydrogen-bond acceptors (Lipinski definition) is 4. The zero-order chi connectivity index (χ0) is 20.9. The molecule has 0 saturated carbocycles. The lowest BCUT2D eigenvalue weighted by Gasteiger charge is -2.25. The van der Waals surface area contributed by atoms with E-state index in [-0.39, 0.29) is 18.9 Å². The quantitative estimate of drug-likeness (QED) is 0.516. The predicted octanol–water partition coefficient (Wildman–Crippen LogP) is 4.43. The van der Waals surface area contributed by atoms with Crippen molar-refractivity contribution < 1.29 is 17.9 Å². The largest absolute Gasteiger partial charge is 0.487 e. The van der Waals surface area contributed by atoms with Gasteiger partial charge in [0.1, 0.15) is 12.4 Å². The fourth-order valence-corrected chi connectivity index (χ4v) is 3.81. The van der Waals surface area contributed by atoms with Crippen LogP contribution in [-0.2, 0) is 23.2 Å². The Balaban J connectivity index is 2.00. The highest BCUT2D eigenvalue weighted by Gasteiger charge is 2.22. The summed E-state index contributed by atoms with van der Waals surface area (Å²) in [6.45, 7) is 1.90. The van der Waals surface area contributed by atoms with E-state index in [1.165, 1.54) is 11.2 Å². The number of ether oxygens (including phenoxy) is 1. The molecule has 0 unspecified atom stereocenters. The van der Waals surface area contributed by atoms with Gasteiger partial charge in [0.15, 0.2) is 5.78 Å². The first kappa shape index (κ1) is 20.6. The van der Waals surface area contributed by atoms with Crippen molar-refractivity contribution in [2.24, 2.45) is 0 Å². The second-order valence-corrected chi connectivity index (χ2v) is 8.68. The molecular formula is C23H23NO4S. The molecule has 0 aliphatic rings. The monoisotopic (exact) mass is 409 g/mol. The van der Waals surface area contributed by atoms with Crippen LogP contribution in [-0.4, -0.2) is 20.5 Å². The topological polar surface area (TPSA) is 63.7 Å².